The van der Waals surface area contributed by atoms with Crippen LogP contribution in [0.1, 0.15) is 78.1 Å². The molecular formula is C22H36O6. The molecule has 0 saturated heterocycles. The predicted molar refractivity (Wildman–Crippen MR) is 107 cm³/mol. The van der Waals surface area contributed by atoms with E-state index in [4.69, 9.17) is 5.11 Å². The summed E-state index contributed by atoms with van der Waals surface area (Å²) in [6.45, 7) is 4.23. The van der Waals surface area contributed by atoms with Crippen LogP contribution < -0.4 is 0 Å². The monoisotopic (exact) mass is 396 g/mol. The Labute approximate surface area is 168 Å². The Morgan fingerprint density at radius 2 is 1.89 bits per heavy atom. The molecule has 1 saturated carbocycles. The number of aliphatic carboxylic acids is 1. The molecule has 5 atom stereocenters. The van der Waals surface area contributed by atoms with Gasteiger partial charge in [0.1, 0.15) is 11.6 Å². The van der Waals surface area contributed by atoms with Gasteiger partial charge in [-0.25, -0.2) is 0 Å². The second-order valence-corrected chi connectivity index (χ2v) is 8.21. The Kier molecular flexibility index (Phi) is 11.2. The van der Waals surface area contributed by atoms with Crippen LogP contribution in [-0.4, -0.2) is 45.1 Å². The molecule has 1 fully saturated rings. The zero-order chi connectivity index (χ0) is 21.1. The lowest BCUT2D eigenvalue weighted by Gasteiger charge is -2.18. The Morgan fingerprint density at radius 3 is 2.54 bits per heavy atom. The standard InChI is InChI=1S/C22H36O6/c1-3-4-7-15(2)12-17(24)10-11-18-19(21(26)14-20(18)25)13-16(23)8-5-6-9-22(27)28/h10-11,15,17-19,21,24,26H,3-9,12-14H2,1-2H3,(H,27,28)/b11-10+/t15-,17+,18+,19+,21-/m0/s1. The van der Waals surface area contributed by atoms with Crippen molar-refractivity contribution in [3.8, 4) is 0 Å². The minimum atomic E-state index is -0.878. The maximum Gasteiger partial charge on any atom is 0.303 e. The van der Waals surface area contributed by atoms with Gasteiger partial charge in [-0.05, 0) is 25.2 Å². The number of Topliss-reactive ketones (excluding diaryl/α,β-unsaturated/α-hetero) is 2. The van der Waals surface area contributed by atoms with Gasteiger partial charge in [-0.1, -0.05) is 45.3 Å². The number of hydrogen-bond donors (Lipinski definition) is 3. The van der Waals surface area contributed by atoms with Crippen molar-refractivity contribution in [2.24, 2.45) is 17.8 Å². The lowest BCUT2D eigenvalue weighted by atomic mass is 9.87. The summed E-state index contributed by atoms with van der Waals surface area (Å²) >= 11 is 0. The van der Waals surface area contributed by atoms with E-state index in [0.717, 1.165) is 19.3 Å². The molecule has 0 unspecified atom stereocenters. The highest BCUT2D eigenvalue weighted by Crippen LogP contribution is 2.34. The van der Waals surface area contributed by atoms with Crippen molar-refractivity contribution in [2.75, 3.05) is 0 Å². The molecule has 6 heteroatoms. The number of aliphatic hydroxyl groups is 2. The van der Waals surface area contributed by atoms with E-state index in [1.54, 1.807) is 12.2 Å². The highest BCUT2D eigenvalue weighted by atomic mass is 16.4. The predicted octanol–water partition coefficient (Wildman–Crippen LogP) is 3.29. The van der Waals surface area contributed by atoms with Crippen LogP contribution in [0, 0.1) is 17.8 Å². The number of ketones is 2. The van der Waals surface area contributed by atoms with E-state index in [1.165, 1.54) is 0 Å². The van der Waals surface area contributed by atoms with E-state index < -0.39 is 30.0 Å². The van der Waals surface area contributed by atoms with Gasteiger partial charge in [0.25, 0.3) is 0 Å². The third kappa shape index (κ3) is 9.11. The molecule has 0 heterocycles. The first-order valence-corrected chi connectivity index (χ1v) is 10.5. The van der Waals surface area contributed by atoms with Crippen molar-refractivity contribution in [2.45, 2.75) is 90.3 Å². The number of unbranched alkanes of at least 4 members (excludes halogenated alkanes) is 2. The Balaban J connectivity index is 2.54. The first-order chi connectivity index (χ1) is 13.2. The fraction of sp³-hybridized carbons (Fsp3) is 0.773. The first kappa shape index (κ1) is 24.5. The fourth-order valence-electron chi connectivity index (χ4n) is 3.86. The molecule has 0 aromatic heterocycles. The molecule has 0 aromatic carbocycles. The number of rotatable bonds is 14. The van der Waals surface area contributed by atoms with Gasteiger partial charge in [0.2, 0.25) is 0 Å². The van der Waals surface area contributed by atoms with Crippen LogP contribution in [0.15, 0.2) is 12.2 Å². The molecule has 1 aliphatic carbocycles. The summed E-state index contributed by atoms with van der Waals surface area (Å²) in [6, 6.07) is 0. The average Bonchev–Trinajstić information content (AvgIpc) is 2.88. The van der Waals surface area contributed by atoms with Gasteiger partial charge in [-0.3, -0.25) is 14.4 Å². The Bertz CT molecular complexity index is 541. The number of allylic oxidation sites excluding steroid dienone is 1. The number of carboxylic acids is 1. The van der Waals surface area contributed by atoms with Gasteiger partial charge in [-0.15, -0.1) is 0 Å². The third-order valence-corrected chi connectivity index (χ3v) is 5.53. The molecule has 3 N–H and O–H groups in total. The zero-order valence-corrected chi connectivity index (χ0v) is 17.2. The Hall–Kier alpha value is -1.53. The van der Waals surface area contributed by atoms with Crippen molar-refractivity contribution in [1.82, 2.24) is 0 Å². The lowest BCUT2D eigenvalue weighted by Crippen LogP contribution is -2.23. The minimum absolute atomic E-state index is 0.0367. The highest BCUT2D eigenvalue weighted by Gasteiger charge is 2.40. The second kappa shape index (κ2) is 12.8. The molecule has 0 aromatic rings. The first-order valence-electron chi connectivity index (χ1n) is 10.5. The Morgan fingerprint density at radius 1 is 1.21 bits per heavy atom. The zero-order valence-electron chi connectivity index (χ0n) is 17.2. The topological polar surface area (TPSA) is 112 Å². The molecule has 28 heavy (non-hydrogen) atoms. The lowest BCUT2D eigenvalue weighted by molar-refractivity contribution is -0.137. The summed E-state index contributed by atoms with van der Waals surface area (Å²) in [4.78, 5) is 34.9. The fourth-order valence-corrected chi connectivity index (χ4v) is 3.86. The van der Waals surface area contributed by atoms with Gasteiger partial charge in [0.05, 0.1) is 12.2 Å². The summed E-state index contributed by atoms with van der Waals surface area (Å²) in [5.41, 5.74) is 0. The molecular weight excluding hydrogens is 360 g/mol. The summed E-state index contributed by atoms with van der Waals surface area (Å²) in [5.74, 6) is -1.64. The summed E-state index contributed by atoms with van der Waals surface area (Å²) in [7, 11) is 0. The summed E-state index contributed by atoms with van der Waals surface area (Å²) in [5, 5.41) is 29.0. The summed E-state index contributed by atoms with van der Waals surface area (Å²) < 4.78 is 0. The SMILES string of the molecule is CCCC[C@H](C)C[C@H](O)/C=C/[C@H]1C(=O)C[C@H](O)[C@@H]1CC(=O)CCCCC(=O)O. The molecule has 160 valence electrons. The number of hydrogen-bond acceptors (Lipinski definition) is 5. The smallest absolute Gasteiger partial charge is 0.303 e. The maximum absolute atomic E-state index is 12.2. The van der Waals surface area contributed by atoms with Crippen LogP contribution >= 0.6 is 0 Å². The molecule has 6 nitrogen and oxygen atoms in total. The van der Waals surface area contributed by atoms with E-state index in [9.17, 15) is 24.6 Å². The molecule has 1 rings (SSSR count). The van der Waals surface area contributed by atoms with Gasteiger partial charge in [-0.2, -0.15) is 0 Å². The molecule has 0 spiro atoms. The van der Waals surface area contributed by atoms with Crippen molar-refractivity contribution >= 4 is 17.5 Å². The third-order valence-electron chi connectivity index (χ3n) is 5.53. The number of carbonyl (C=O) groups excluding carboxylic acids is 2. The van der Waals surface area contributed by atoms with Crippen LogP contribution in [0.25, 0.3) is 0 Å². The largest absolute Gasteiger partial charge is 0.481 e. The summed E-state index contributed by atoms with van der Waals surface area (Å²) in [6.07, 6.45) is 7.15. The normalized spacial score (nSPS) is 24.6. The van der Waals surface area contributed by atoms with E-state index >= 15 is 0 Å². The molecule has 0 radical (unpaired) electrons. The second-order valence-electron chi connectivity index (χ2n) is 8.21. The van der Waals surface area contributed by atoms with E-state index in [2.05, 4.69) is 13.8 Å². The van der Waals surface area contributed by atoms with Crippen LogP contribution in [0.5, 0.6) is 0 Å². The number of carbonyl (C=O) groups is 3. The van der Waals surface area contributed by atoms with Crippen LogP contribution in [-0.2, 0) is 14.4 Å². The van der Waals surface area contributed by atoms with Crippen molar-refractivity contribution in [3.63, 3.8) is 0 Å². The molecule has 0 bridgehead atoms. The van der Waals surface area contributed by atoms with Crippen molar-refractivity contribution in [1.29, 1.82) is 0 Å². The minimum Gasteiger partial charge on any atom is -0.481 e. The number of aliphatic hydroxyl groups excluding tert-OH is 2. The van der Waals surface area contributed by atoms with E-state index in [-0.39, 0.29) is 37.2 Å². The van der Waals surface area contributed by atoms with Crippen LogP contribution in [0.3, 0.4) is 0 Å². The average molecular weight is 397 g/mol. The van der Waals surface area contributed by atoms with E-state index in [1.807, 2.05) is 0 Å². The quantitative estimate of drug-likeness (QED) is 0.307. The van der Waals surface area contributed by atoms with Gasteiger partial charge in [0.15, 0.2) is 0 Å². The van der Waals surface area contributed by atoms with Gasteiger partial charge >= 0.3 is 5.97 Å². The van der Waals surface area contributed by atoms with Crippen LogP contribution in [0.4, 0.5) is 0 Å². The highest BCUT2D eigenvalue weighted by molar-refractivity contribution is 5.88. The van der Waals surface area contributed by atoms with Crippen LogP contribution in [0.2, 0.25) is 0 Å². The number of carboxylic acid groups (broad SMARTS) is 1. The molecule has 0 amide bonds. The van der Waals surface area contributed by atoms with Gasteiger partial charge in [0, 0.05) is 37.5 Å². The van der Waals surface area contributed by atoms with Crippen molar-refractivity contribution in [3.05, 3.63) is 12.2 Å². The van der Waals surface area contributed by atoms with E-state index in [0.29, 0.717) is 25.2 Å². The van der Waals surface area contributed by atoms with Crippen molar-refractivity contribution < 1.29 is 29.7 Å². The maximum atomic E-state index is 12.2. The molecule has 0 aliphatic heterocycles. The van der Waals surface area contributed by atoms with Gasteiger partial charge < -0.3 is 15.3 Å². The molecule has 1 aliphatic rings.